The summed E-state index contributed by atoms with van der Waals surface area (Å²) in [6, 6.07) is 11.7. The number of aryl methyl sites for hydroxylation is 3. The zero-order valence-corrected chi connectivity index (χ0v) is 20.2. The fraction of sp³-hybridized carbons (Fsp3) is 0.348. The molecule has 1 aliphatic rings. The summed E-state index contributed by atoms with van der Waals surface area (Å²) in [6.07, 6.45) is 1.28. The van der Waals surface area contributed by atoms with Gasteiger partial charge in [-0.3, -0.25) is 0 Å². The van der Waals surface area contributed by atoms with E-state index in [9.17, 15) is 13.7 Å². The predicted molar refractivity (Wildman–Crippen MR) is 124 cm³/mol. The maximum atomic E-state index is 13.6. The zero-order chi connectivity index (χ0) is 23.8. The predicted octanol–water partition coefficient (Wildman–Crippen LogP) is 4.55. The molecule has 2 aromatic carbocycles. The minimum atomic E-state index is -3.89. The van der Waals surface area contributed by atoms with Crippen LogP contribution in [0, 0.1) is 32.1 Å². The summed E-state index contributed by atoms with van der Waals surface area (Å²) in [5.41, 5.74) is 1.13. The highest BCUT2D eigenvalue weighted by Crippen LogP contribution is 2.35. The second kappa shape index (κ2) is 9.14. The Balaban J connectivity index is 1.62. The maximum Gasteiger partial charge on any atom is 0.246 e. The molecule has 3 aromatic rings. The lowest BCUT2D eigenvalue weighted by molar-refractivity contribution is 0.268. The van der Waals surface area contributed by atoms with Crippen LogP contribution in [0.15, 0.2) is 41.3 Å². The summed E-state index contributed by atoms with van der Waals surface area (Å²) in [5.74, 6) is 2.23. The zero-order valence-electron chi connectivity index (χ0n) is 18.6. The van der Waals surface area contributed by atoms with Gasteiger partial charge in [-0.2, -0.15) is 9.57 Å². The minimum absolute atomic E-state index is 0.0331. The van der Waals surface area contributed by atoms with Crippen molar-refractivity contribution in [2.24, 2.45) is 0 Å². The van der Waals surface area contributed by atoms with Gasteiger partial charge in [-0.05, 0) is 75.6 Å². The molecule has 0 amide bonds. The summed E-state index contributed by atoms with van der Waals surface area (Å²) < 4.78 is 36.7. The third kappa shape index (κ3) is 4.74. The molecule has 0 radical (unpaired) electrons. The Morgan fingerprint density at radius 1 is 1.06 bits per heavy atom. The van der Waals surface area contributed by atoms with Crippen molar-refractivity contribution in [3.63, 3.8) is 0 Å². The van der Waals surface area contributed by atoms with E-state index in [1.54, 1.807) is 18.2 Å². The highest BCUT2D eigenvalue weighted by molar-refractivity contribution is 7.89. The summed E-state index contributed by atoms with van der Waals surface area (Å²) in [5, 5.41) is 18.1. The molecule has 0 unspecified atom stereocenters. The van der Waals surface area contributed by atoms with Gasteiger partial charge < -0.3 is 9.30 Å². The lowest BCUT2D eigenvalue weighted by atomic mass is 10.1. The first-order valence-corrected chi connectivity index (χ1v) is 12.4. The van der Waals surface area contributed by atoms with Crippen molar-refractivity contribution in [2.45, 2.75) is 44.6 Å². The Labute approximate surface area is 198 Å². The van der Waals surface area contributed by atoms with Crippen molar-refractivity contribution in [3.8, 4) is 17.6 Å². The normalized spacial score (nSPS) is 15.4. The molecule has 10 heteroatoms. The smallest absolute Gasteiger partial charge is 0.246 e. The average molecular weight is 486 g/mol. The molecule has 1 saturated heterocycles. The number of sulfonamides is 1. The summed E-state index contributed by atoms with van der Waals surface area (Å²) >= 11 is 6.13. The number of aromatic nitrogens is 3. The Hall–Kier alpha value is -2.93. The summed E-state index contributed by atoms with van der Waals surface area (Å²) in [7, 11) is -3.89. The second-order valence-corrected chi connectivity index (χ2v) is 10.5. The molecule has 8 nitrogen and oxygen atoms in total. The third-order valence-corrected chi connectivity index (χ3v) is 7.90. The Morgan fingerprint density at radius 3 is 2.33 bits per heavy atom. The first kappa shape index (κ1) is 23.2. The van der Waals surface area contributed by atoms with Gasteiger partial charge in [0.1, 0.15) is 28.0 Å². The molecule has 4 rings (SSSR count). The van der Waals surface area contributed by atoms with Crippen molar-refractivity contribution in [2.75, 3.05) is 13.1 Å². The number of hydrogen-bond acceptors (Lipinski definition) is 6. The fourth-order valence-corrected chi connectivity index (χ4v) is 6.12. The van der Waals surface area contributed by atoms with E-state index in [0.717, 1.165) is 17.2 Å². The molecule has 1 aromatic heterocycles. The number of ether oxygens (including phenoxy) is 1. The van der Waals surface area contributed by atoms with Gasteiger partial charge in [0.05, 0.1) is 11.6 Å². The molecule has 0 saturated carbocycles. The molecular formula is C23H24ClN5O3S. The van der Waals surface area contributed by atoms with Gasteiger partial charge in [-0.1, -0.05) is 11.6 Å². The lowest BCUT2D eigenvalue weighted by Crippen LogP contribution is -2.39. The monoisotopic (exact) mass is 485 g/mol. The van der Waals surface area contributed by atoms with Crippen LogP contribution in [0.3, 0.4) is 0 Å². The number of benzene rings is 2. The van der Waals surface area contributed by atoms with E-state index in [1.165, 1.54) is 22.5 Å². The number of halogens is 1. The van der Waals surface area contributed by atoms with E-state index in [0.29, 0.717) is 36.7 Å². The van der Waals surface area contributed by atoms with Gasteiger partial charge in [0, 0.05) is 24.2 Å². The maximum absolute atomic E-state index is 13.6. The quantitative estimate of drug-likeness (QED) is 0.525. The fourth-order valence-electron chi connectivity index (χ4n) is 4.24. The first-order valence-electron chi connectivity index (χ1n) is 10.6. The topological polar surface area (TPSA) is 101 Å². The Morgan fingerprint density at radius 2 is 1.73 bits per heavy atom. The van der Waals surface area contributed by atoms with Crippen molar-refractivity contribution >= 4 is 21.6 Å². The molecule has 0 spiro atoms. The third-order valence-electron chi connectivity index (χ3n) is 5.76. The molecule has 0 bridgehead atoms. The number of piperidine rings is 1. The van der Waals surface area contributed by atoms with E-state index in [4.69, 9.17) is 16.3 Å². The molecule has 1 fully saturated rings. The number of nitrogens with zero attached hydrogens (tertiary/aromatic N) is 5. The van der Waals surface area contributed by atoms with E-state index < -0.39 is 10.0 Å². The number of rotatable bonds is 5. The van der Waals surface area contributed by atoms with E-state index >= 15 is 0 Å². The summed E-state index contributed by atoms with van der Waals surface area (Å²) in [4.78, 5) is -0.0331. The molecule has 0 atom stereocenters. The molecule has 0 N–H and O–H groups in total. The van der Waals surface area contributed by atoms with Gasteiger partial charge in [-0.15, -0.1) is 10.2 Å². The van der Waals surface area contributed by atoms with Crippen LogP contribution < -0.4 is 4.74 Å². The van der Waals surface area contributed by atoms with Gasteiger partial charge >= 0.3 is 0 Å². The largest absolute Gasteiger partial charge is 0.456 e. The Kier molecular flexibility index (Phi) is 6.43. The molecule has 0 aliphatic carbocycles. The summed E-state index contributed by atoms with van der Waals surface area (Å²) in [6.45, 7) is 6.36. The van der Waals surface area contributed by atoms with Gasteiger partial charge in [0.25, 0.3) is 0 Å². The highest BCUT2D eigenvalue weighted by Gasteiger charge is 2.33. The minimum Gasteiger partial charge on any atom is -0.456 e. The lowest BCUT2D eigenvalue weighted by Gasteiger charge is -2.32. The van der Waals surface area contributed by atoms with Crippen molar-refractivity contribution in [3.05, 3.63) is 64.2 Å². The van der Waals surface area contributed by atoms with Crippen LogP contribution in [-0.2, 0) is 10.0 Å². The molecule has 2 heterocycles. The SMILES string of the molecule is Cc1cc(Cl)cc(Oc2ccc(C#N)cc2S(=O)(=O)N2CCC(n3c(C)nnc3C)CC2)c1. The number of nitriles is 1. The van der Waals surface area contributed by atoms with Gasteiger partial charge in [0.2, 0.25) is 10.0 Å². The first-order chi connectivity index (χ1) is 15.7. The number of hydrogen-bond donors (Lipinski definition) is 0. The molecule has 172 valence electrons. The van der Waals surface area contributed by atoms with E-state index in [-0.39, 0.29) is 22.3 Å². The van der Waals surface area contributed by atoms with Gasteiger partial charge in [0.15, 0.2) is 0 Å². The van der Waals surface area contributed by atoms with Crippen LogP contribution in [0.4, 0.5) is 0 Å². The van der Waals surface area contributed by atoms with Crippen LogP contribution in [-0.4, -0.2) is 40.6 Å². The van der Waals surface area contributed by atoms with Gasteiger partial charge in [-0.25, -0.2) is 8.42 Å². The van der Waals surface area contributed by atoms with Crippen LogP contribution in [0.1, 0.15) is 41.7 Å². The molecule has 1 aliphatic heterocycles. The van der Waals surface area contributed by atoms with Crippen LogP contribution in [0.5, 0.6) is 11.5 Å². The second-order valence-electron chi connectivity index (χ2n) is 8.14. The molecule has 33 heavy (non-hydrogen) atoms. The Bertz CT molecular complexity index is 1300. The van der Waals surface area contributed by atoms with Crippen molar-refractivity contribution in [1.82, 2.24) is 19.1 Å². The standard InChI is InChI=1S/C23H24ClN5O3S/c1-15-10-19(24)13-21(11-15)32-22-5-4-18(14-25)12-23(22)33(30,31)28-8-6-20(7-9-28)29-16(2)26-27-17(29)3/h4-5,10-13,20H,6-9H2,1-3H3. The van der Waals surface area contributed by atoms with Crippen molar-refractivity contribution < 1.29 is 13.2 Å². The van der Waals surface area contributed by atoms with Crippen LogP contribution in [0.25, 0.3) is 0 Å². The van der Waals surface area contributed by atoms with Crippen LogP contribution in [0.2, 0.25) is 5.02 Å². The highest BCUT2D eigenvalue weighted by atomic mass is 35.5. The van der Waals surface area contributed by atoms with E-state index in [2.05, 4.69) is 14.8 Å². The molecular weight excluding hydrogens is 462 g/mol. The van der Waals surface area contributed by atoms with Crippen LogP contribution >= 0.6 is 11.6 Å². The van der Waals surface area contributed by atoms with Crippen molar-refractivity contribution in [1.29, 1.82) is 5.26 Å². The van der Waals surface area contributed by atoms with E-state index in [1.807, 2.05) is 26.8 Å². The average Bonchev–Trinajstić information content (AvgIpc) is 3.11.